The number of aromatic nitrogens is 2. The maximum atomic E-state index is 10.7. The van der Waals surface area contributed by atoms with Gasteiger partial charge < -0.3 is 9.73 Å². The number of thiazole rings is 1. The van der Waals surface area contributed by atoms with Gasteiger partial charge in [-0.25, -0.2) is 4.98 Å². The van der Waals surface area contributed by atoms with Crippen LogP contribution in [0.25, 0.3) is 11.1 Å². The second-order valence-corrected chi connectivity index (χ2v) is 5.45. The van der Waals surface area contributed by atoms with Crippen molar-refractivity contribution in [1.82, 2.24) is 9.97 Å². The number of nitrogens with zero attached hydrogens (tertiary/aromatic N) is 3. The van der Waals surface area contributed by atoms with Gasteiger partial charge in [-0.15, -0.1) is 11.3 Å². The Hall–Kier alpha value is -2.48. The summed E-state index contributed by atoms with van der Waals surface area (Å²) in [4.78, 5) is 19.7. The third-order valence-electron chi connectivity index (χ3n) is 2.67. The molecule has 8 heteroatoms. The lowest BCUT2D eigenvalue weighted by atomic mass is 10.3. The lowest BCUT2D eigenvalue weighted by Gasteiger charge is -1.96. The Labute approximate surface area is 117 Å². The van der Waals surface area contributed by atoms with Gasteiger partial charge in [-0.1, -0.05) is 0 Å². The van der Waals surface area contributed by atoms with E-state index >= 15 is 0 Å². The van der Waals surface area contributed by atoms with Gasteiger partial charge in [0.1, 0.15) is 5.52 Å². The number of non-ortho nitro benzene ring substituents is 1. The largest absolute Gasteiger partial charge is 0.423 e. The van der Waals surface area contributed by atoms with Crippen molar-refractivity contribution < 1.29 is 9.34 Å². The molecule has 1 aromatic carbocycles. The summed E-state index contributed by atoms with van der Waals surface area (Å²) < 4.78 is 5.44. The number of aryl methyl sites for hydroxylation is 1. The third-order valence-corrected chi connectivity index (χ3v) is 3.58. The molecule has 0 aliphatic rings. The summed E-state index contributed by atoms with van der Waals surface area (Å²) in [5, 5.41) is 14.7. The van der Waals surface area contributed by atoms with Crippen LogP contribution >= 0.6 is 11.3 Å². The fourth-order valence-electron chi connectivity index (χ4n) is 1.75. The van der Waals surface area contributed by atoms with E-state index in [-0.39, 0.29) is 5.69 Å². The predicted molar refractivity (Wildman–Crippen MR) is 74.8 cm³/mol. The topological polar surface area (TPSA) is 94.1 Å². The second kappa shape index (κ2) is 4.89. The number of benzene rings is 1. The second-order valence-electron chi connectivity index (χ2n) is 4.13. The Morgan fingerprint density at radius 2 is 2.35 bits per heavy atom. The van der Waals surface area contributed by atoms with Crippen LogP contribution in [0.15, 0.2) is 28.8 Å². The number of nitro groups is 1. The number of oxazole rings is 1. The average molecular weight is 290 g/mol. The zero-order chi connectivity index (χ0) is 14.1. The van der Waals surface area contributed by atoms with Crippen molar-refractivity contribution in [2.45, 2.75) is 13.5 Å². The van der Waals surface area contributed by atoms with Crippen LogP contribution in [0.1, 0.15) is 9.88 Å². The number of nitrogens with one attached hydrogen (secondary N) is 1. The van der Waals surface area contributed by atoms with Crippen LogP contribution in [0.2, 0.25) is 0 Å². The van der Waals surface area contributed by atoms with Gasteiger partial charge >= 0.3 is 0 Å². The van der Waals surface area contributed by atoms with E-state index in [4.69, 9.17) is 4.42 Å². The van der Waals surface area contributed by atoms with Gasteiger partial charge in [0.15, 0.2) is 5.58 Å². The van der Waals surface area contributed by atoms with E-state index in [1.54, 1.807) is 23.6 Å². The molecule has 0 atom stereocenters. The standard InChI is InChI=1S/C12H10N4O3S/c1-7-13-5-9(20-7)6-14-12-15-10-3-2-8(16(17)18)4-11(10)19-12/h2-5H,6H2,1H3,(H,14,15). The number of fused-ring (bicyclic) bond motifs is 1. The maximum Gasteiger partial charge on any atom is 0.295 e. The van der Waals surface area contributed by atoms with Crippen LogP contribution in [0.5, 0.6) is 0 Å². The molecule has 20 heavy (non-hydrogen) atoms. The van der Waals surface area contributed by atoms with Gasteiger partial charge in [0.2, 0.25) is 0 Å². The summed E-state index contributed by atoms with van der Waals surface area (Å²) in [6.07, 6.45) is 1.79. The van der Waals surface area contributed by atoms with E-state index in [1.165, 1.54) is 12.1 Å². The first-order chi connectivity index (χ1) is 9.61. The van der Waals surface area contributed by atoms with E-state index < -0.39 is 4.92 Å². The zero-order valence-electron chi connectivity index (χ0n) is 10.5. The summed E-state index contributed by atoms with van der Waals surface area (Å²) in [6, 6.07) is 4.68. The molecule has 7 nitrogen and oxygen atoms in total. The van der Waals surface area contributed by atoms with Gasteiger partial charge in [-0.3, -0.25) is 10.1 Å². The van der Waals surface area contributed by atoms with Crippen LogP contribution in [0, 0.1) is 17.0 Å². The fraction of sp³-hybridized carbons (Fsp3) is 0.167. The van der Waals surface area contributed by atoms with Crippen LogP contribution in [0.4, 0.5) is 11.7 Å². The molecule has 102 valence electrons. The van der Waals surface area contributed by atoms with Gasteiger partial charge in [0.05, 0.1) is 22.5 Å². The van der Waals surface area contributed by atoms with E-state index in [2.05, 4.69) is 15.3 Å². The zero-order valence-corrected chi connectivity index (χ0v) is 11.3. The molecule has 0 radical (unpaired) electrons. The van der Waals surface area contributed by atoms with Gasteiger partial charge in [0.25, 0.3) is 11.7 Å². The molecule has 0 saturated carbocycles. The minimum absolute atomic E-state index is 0.0155. The molecule has 2 heterocycles. The molecule has 3 rings (SSSR count). The lowest BCUT2D eigenvalue weighted by molar-refractivity contribution is -0.384. The summed E-state index contributed by atoms with van der Waals surface area (Å²) in [6.45, 7) is 2.49. The third kappa shape index (κ3) is 2.45. The maximum absolute atomic E-state index is 10.7. The van der Waals surface area contributed by atoms with Crippen molar-refractivity contribution in [2.75, 3.05) is 5.32 Å². The highest BCUT2D eigenvalue weighted by Crippen LogP contribution is 2.24. The summed E-state index contributed by atoms with van der Waals surface area (Å²) in [5.74, 6) is 0. The molecule has 0 fully saturated rings. The molecule has 0 aliphatic carbocycles. The molecule has 2 aromatic heterocycles. The Bertz CT molecular complexity index is 780. The van der Waals surface area contributed by atoms with Crippen LogP contribution in [-0.2, 0) is 6.54 Å². The molecule has 0 aliphatic heterocycles. The minimum Gasteiger partial charge on any atom is -0.423 e. The van der Waals surface area contributed by atoms with Crippen molar-refractivity contribution in [1.29, 1.82) is 0 Å². The van der Waals surface area contributed by atoms with Crippen LogP contribution in [0.3, 0.4) is 0 Å². The van der Waals surface area contributed by atoms with Gasteiger partial charge in [-0.2, -0.15) is 4.98 Å². The van der Waals surface area contributed by atoms with E-state index in [9.17, 15) is 10.1 Å². The quantitative estimate of drug-likeness (QED) is 0.586. The first kappa shape index (κ1) is 12.5. The van der Waals surface area contributed by atoms with Crippen molar-refractivity contribution in [3.63, 3.8) is 0 Å². The molecule has 0 unspecified atom stereocenters. The Balaban J connectivity index is 1.80. The Morgan fingerprint density at radius 1 is 1.50 bits per heavy atom. The normalized spacial score (nSPS) is 10.8. The molecule has 0 spiro atoms. The number of hydrogen-bond acceptors (Lipinski definition) is 7. The smallest absolute Gasteiger partial charge is 0.295 e. The Morgan fingerprint density at radius 3 is 3.05 bits per heavy atom. The van der Waals surface area contributed by atoms with E-state index in [1.807, 2.05) is 6.92 Å². The molecule has 0 amide bonds. The predicted octanol–water partition coefficient (Wildman–Crippen LogP) is 3.11. The van der Waals surface area contributed by atoms with Crippen molar-refractivity contribution in [3.8, 4) is 0 Å². The first-order valence-electron chi connectivity index (χ1n) is 5.82. The van der Waals surface area contributed by atoms with Crippen molar-refractivity contribution >= 4 is 34.1 Å². The number of hydrogen-bond donors (Lipinski definition) is 1. The lowest BCUT2D eigenvalue weighted by Crippen LogP contribution is -1.96. The van der Waals surface area contributed by atoms with Crippen LogP contribution in [-0.4, -0.2) is 14.9 Å². The highest BCUT2D eigenvalue weighted by atomic mass is 32.1. The van der Waals surface area contributed by atoms with Crippen LogP contribution < -0.4 is 5.32 Å². The molecule has 1 N–H and O–H groups in total. The van der Waals surface area contributed by atoms with E-state index in [0.717, 1.165) is 9.88 Å². The highest BCUT2D eigenvalue weighted by molar-refractivity contribution is 7.11. The Kier molecular flexibility index (Phi) is 3.07. The number of rotatable bonds is 4. The van der Waals surface area contributed by atoms with Crippen molar-refractivity contribution in [3.05, 3.63) is 44.4 Å². The fourth-order valence-corrected chi connectivity index (χ4v) is 2.49. The van der Waals surface area contributed by atoms with E-state index in [0.29, 0.717) is 23.7 Å². The monoisotopic (exact) mass is 290 g/mol. The first-order valence-corrected chi connectivity index (χ1v) is 6.63. The molecular formula is C12H10N4O3S. The average Bonchev–Trinajstić information content (AvgIpc) is 3.00. The van der Waals surface area contributed by atoms with Gasteiger partial charge in [-0.05, 0) is 13.0 Å². The SMILES string of the molecule is Cc1ncc(CNc2nc3ccc([N+](=O)[O-])cc3o2)s1. The summed E-state index contributed by atoms with van der Waals surface area (Å²) in [7, 11) is 0. The minimum atomic E-state index is -0.463. The summed E-state index contributed by atoms with van der Waals surface area (Å²) in [5.41, 5.74) is 0.957. The van der Waals surface area contributed by atoms with Gasteiger partial charge in [0, 0.05) is 17.1 Å². The number of anilines is 1. The van der Waals surface area contributed by atoms with Crippen molar-refractivity contribution in [2.24, 2.45) is 0 Å². The molecule has 0 bridgehead atoms. The number of nitro benzene ring substituents is 1. The summed E-state index contributed by atoms with van der Waals surface area (Å²) >= 11 is 1.59. The highest BCUT2D eigenvalue weighted by Gasteiger charge is 2.11. The molecule has 3 aromatic rings. The molecule has 0 saturated heterocycles. The molecular weight excluding hydrogens is 280 g/mol.